The van der Waals surface area contributed by atoms with E-state index in [-0.39, 0.29) is 11.8 Å². The van der Waals surface area contributed by atoms with Gasteiger partial charge < -0.3 is 15.3 Å². The number of fused-ring (bicyclic) bond motifs is 3. The fraction of sp³-hybridized carbons (Fsp3) is 0.233. The molecule has 1 amide bonds. The minimum absolute atomic E-state index is 0.124. The average molecular weight is 549 g/mol. The highest BCUT2D eigenvalue weighted by Crippen LogP contribution is 2.64. The third-order valence-corrected chi connectivity index (χ3v) is 7.17. The number of rotatable bonds is 5. The van der Waals surface area contributed by atoms with Crippen LogP contribution in [0.3, 0.4) is 0 Å². The highest BCUT2D eigenvalue weighted by molar-refractivity contribution is 6.09. The van der Waals surface area contributed by atoms with Crippen molar-refractivity contribution in [2.75, 3.05) is 19.4 Å². The molecule has 3 aromatic carbocycles. The fourth-order valence-corrected chi connectivity index (χ4v) is 5.29. The van der Waals surface area contributed by atoms with E-state index in [0.717, 1.165) is 46.4 Å². The molecule has 1 aromatic heterocycles. The van der Waals surface area contributed by atoms with Gasteiger partial charge in [0.15, 0.2) is 0 Å². The Bertz CT molecular complexity index is 1630. The first-order valence-electron chi connectivity index (χ1n) is 12.6. The van der Waals surface area contributed by atoms with Gasteiger partial charge in [0, 0.05) is 23.5 Å². The van der Waals surface area contributed by atoms with Gasteiger partial charge in [-0.25, -0.2) is 4.79 Å². The number of amides is 1. The molecular formula is C30H27F3N4O3. The molecule has 0 saturated heterocycles. The Balaban J connectivity index is 0.000000411. The molecule has 2 aliphatic rings. The van der Waals surface area contributed by atoms with Crippen LogP contribution in [0.2, 0.25) is 0 Å². The molecule has 1 aliphatic carbocycles. The normalized spacial score (nSPS) is 19.6. The van der Waals surface area contributed by atoms with E-state index in [1.807, 2.05) is 18.2 Å². The van der Waals surface area contributed by atoms with Crippen molar-refractivity contribution in [3.05, 3.63) is 94.7 Å². The van der Waals surface area contributed by atoms with Gasteiger partial charge in [-0.15, -0.1) is 0 Å². The third-order valence-electron chi connectivity index (χ3n) is 7.17. The number of carbonyl (C=O) groups is 2. The van der Waals surface area contributed by atoms with Crippen LogP contribution in [-0.2, 0) is 21.5 Å². The Morgan fingerprint density at radius 2 is 1.85 bits per heavy atom. The zero-order valence-corrected chi connectivity index (χ0v) is 21.8. The molecule has 1 spiro atoms. The maximum Gasteiger partial charge on any atom is 0.490 e. The number of anilines is 1. The SMILES string of the molecule is CN(C)Cc1cccc(/C=C/c2n[nH]c3cc(C4CC45C(=O)Nc4ccccc45)ccc23)c1.O=C(O)C(F)(F)F. The van der Waals surface area contributed by atoms with E-state index in [9.17, 15) is 18.0 Å². The van der Waals surface area contributed by atoms with Crippen LogP contribution in [0.4, 0.5) is 18.9 Å². The first kappa shape index (κ1) is 27.1. The Hall–Kier alpha value is -4.44. The second-order valence-electron chi connectivity index (χ2n) is 10.3. The number of aromatic nitrogens is 2. The van der Waals surface area contributed by atoms with Crippen molar-refractivity contribution in [2.45, 2.75) is 30.5 Å². The fourth-order valence-electron chi connectivity index (χ4n) is 5.29. The first-order valence-corrected chi connectivity index (χ1v) is 12.6. The highest BCUT2D eigenvalue weighted by atomic mass is 19.4. The van der Waals surface area contributed by atoms with Gasteiger partial charge >= 0.3 is 12.1 Å². The van der Waals surface area contributed by atoms with Gasteiger partial charge in [0.05, 0.1) is 16.6 Å². The quantitative estimate of drug-likeness (QED) is 0.293. The average Bonchev–Trinajstić information content (AvgIpc) is 3.43. The predicted molar refractivity (Wildman–Crippen MR) is 147 cm³/mol. The van der Waals surface area contributed by atoms with Crippen LogP contribution >= 0.6 is 0 Å². The van der Waals surface area contributed by atoms with Gasteiger partial charge in [-0.05, 0) is 61.0 Å². The summed E-state index contributed by atoms with van der Waals surface area (Å²) in [6, 6.07) is 23.1. The van der Waals surface area contributed by atoms with E-state index >= 15 is 0 Å². The van der Waals surface area contributed by atoms with Crippen molar-refractivity contribution in [2.24, 2.45) is 0 Å². The Morgan fingerprint density at radius 1 is 1.10 bits per heavy atom. The molecule has 40 heavy (non-hydrogen) atoms. The lowest BCUT2D eigenvalue weighted by Crippen LogP contribution is -2.21. The highest BCUT2D eigenvalue weighted by Gasteiger charge is 2.65. The van der Waals surface area contributed by atoms with Gasteiger partial charge in [-0.2, -0.15) is 18.3 Å². The number of alkyl halides is 3. The van der Waals surface area contributed by atoms with E-state index in [2.05, 4.69) is 95.2 Å². The Labute approximate surface area is 228 Å². The monoisotopic (exact) mass is 548 g/mol. The lowest BCUT2D eigenvalue weighted by molar-refractivity contribution is -0.192. The number of para-hydroxylation sites is 1. The lowest BCUT2D eigenvalue weighted by atomic mass is 9.92. The zero-order valence-electron chi connectivity index (χ0n) is 21.8. The molecule has 1 fully saturated rings. The second-order valence-corrected chi connectivity index (χ2v) is 10.3. The van der Waals surface area contributed by atoms with E-state index < -0.39 is 17.6 Å². The summed E-state index contributed by atoms with van der Waals surface area (Å²) in [5, 5.41) is 19.0. The molecule has 10 heteroatoms. The zero-order chi connectivity index (χ0) is 28.7. The molecule has 4 aromatic rings. The van der Waals surface area contributed by atoms with Crippen molar-refractivity contribution in [3.63, 3.8) is 0 Å². The Kier molecular flexibility index (Phi) is 6.97. The van der Waals surface area contributed by atoms with Crippen LogP contribution in [0.25, 0.3) is 23.1 Å². The molecule has 2 unspecified atom stereocenters. The van der Waals surface area contributed by atoms with E-state index in [1.165, 1.54) is 11.1 Å². The molecule has 206 valence electrons. The molecule has 0 bridgehead atoms. The van der Waals surface area contributed by atoms with Gasteiger partial charge in [-0.1, -0.05) is 60.7 Å². The van der Waals surface area contributed by atoms with E-state index in [1.54, 1.807) is 0 Å². The first-order chi connectivity index (χ1) is 19.0. The number of carbonyl (C=O) groups excluding carboxylic acids is 1. The van der Waals surface area contributed by atoms with Crippen molar-refractivity contribution < 1.29 is 27.9 Å². The summed E-state index contributed by atoms with van der Waals surface area (Å²) in [6.07, 6.45) is -0.0591. The minimum atomic E-state index is -5.08. The number of carboxylic acids is 1. The number of hydrogen-bond donors (Lipinski definition) is 3. The molecule has 1 saturated carbocycles. The largest absolute Gasteiger partial charge is 0.490 e. The number of benzene rings is 3. The molecule has 7 nitrogen and oxygen atoms in total. The summed E-state index contributed by atoms with van der Waals surface area (Å²) in [5.41, 5.74) is 7.23. The number of nitrogens with one attached hydrogen (secondary N) is 2. The third kappa shape index (κ3) is 5.22. The van der Waals surface area contributed by atoms with Crippen LogP contribution < -0.4 is 5.32 Å². The topological polar surface area (TPSA) is 98.3 Å². The molecule has 6 rings (SSSR count). The number of nitrogens with zero attached hydrogens (tertiary/aromatic N) is 2. The van der Waals surface area contributed by atoms with Crippen molar-refractivity contribution in [1.82, 2.24) is 15.1 Å². The number of halogens is 3. The summed E-state index contributed by atoms with van der Waals surface area (Å²) >= 11 is 0. The molecule has 0 radical (unpaired) electrons. The summed E-state index contributed by atoms with van der Waals surface area (Å²) in [6.45, 7) is 0.918. The minimum Gasteiger partial charge on any atom is -0.475 e. The summed E-state index contributed by atoms with van der Waals surface area (Å²) in [7, 11) is 4.15. The number of aliphatic carboxylic acids is 1. The Morgan fingerprint density at radius 3 is 2.58 bits per heavy atom. The summed E-state index contributed by atoms with van der Waals surface area (Å²) in [5.74, 6) is -2.43. The maximum atomic E-state index is 12.8. The lowest BCUT2D eigenvalue weighted by Gasteiger charge is -2.09. The van der Waals surface area contributed by atoms with Crippen LogP contribution in [0, 0.1) is 0 Å². The van der Waals surface area contributed by atoms with Gasteiger partial charge in [-0.3, -0.25) is 9.89 Å². The van der Waals surface area contributed by atoms with Crippen molar-refractivity contribution in [1.29, 1.82) is 0 Å². The van der Waals surface area contributed by atoms with Gasteiger partial charge in [0.25, 0.3) is 0 Å². The standard InChI is InChI=1S/C28H26N4O.C2HF3O2/c1-32(2)17-19-7-5-6-18(14-19)10-13-24-21-12-11-20(15-26(21)31-30-24)23-16-28(23)22-8-3-4-9-25(22)29-27(28)33;3-2(4,5)1(6)7/h3-15,23H,16-17H2,1-2H3,(H,29,33)(H,30,31);(H,6,7)/b13-10+;. The smallest absolute Gasteiger partial charge is 0.475 e. The van der Waals surface area contributed by atoms with E-state index in [4.69, 9.17) is 9.90 Å². The molecule has 2 atom stereocenters. The maximum absolute atomic E-state index is 12.8. The second kappa shape index (κ2) is 10.3. The molecule has 2 heterocycles. The molecule has 3 N–H and O–H groups in total. The summed E-state index contributed by atoms with van der Waals surface area (Å²) < 4.78 is 31.7. The number of aromatic amines is 1. The summed E-state index contributed by atoms with van der Waals surface area (Å²) in [4.78, 5) is 23.9. The predicted octanol–water partition coefficient (Wildman–Crippen LogP) is 5.81. The molecular weight excluding hydrogens is 521 g/mol. The van der Waals surface area contributed by atoms with Crippen LogP contribution in [0.5, 0.6) is 0 Å². The molecule has 1 aliphatic heterocycles. The van der Waals surface area contributed by atoms with Crippen LogP contribution in [0.1, 0.15) is 40.3 Å². The number of carboxylic acid groups (broad SMARTS) is 1. The van der Waals surface area contributed by atoms with E-state index in [0.29, 0.717) is 0 Å². The van der Waals surface area contributed by atoms with Gasteiger partial charge in [0.2, 0.25) is 5.91 Å². The van der Waals surface area contributed by atoms with Gasteiger partial charge in [0.1, 0.15) is 0 Å². The number of H-pyrrole nitrogens is 1. The van der Waals surface area contributed by atoms with Crippen LogP contribution in [0.15, 0.2) is 66.7 Å². The van der Waals surface area contributed by atoms with Crippen molar-refractivity contribution in [3.8, 4) is 0 Å². The van der Waals surface area contributed by atoms with Crippen LogP contribution in [-0.4, -0.2) is 52.4 Å². The van der Waals surface area contributed by atoms with Crippen molar-refractivity contribution >= 4 is 40.6 Å². The number of hydrogen-bond acceptors (Lipinski definition) is 4.